The van der Waals surface area contributed by atoms with Crippen LogP contribution in [-0.2, 0) is 16.0 Å². The standard InChI is InChI=1S/C19H29N3O3/c23-19(16-5-1-2-6-16)22-9-3-4-14(13-22)12-17-20-18(21-25-17)15-7-10-24-11-8-15/h14-16H,1-13H2. The SMILES string of the molecule is O=C(C1CCCC1)N1CCCC(Cc2nc(C3CCOCC3)no2)C1. The minimum Gasteiger partial charge on any atom is -0.381 e. The molecule has 1 aromatic heterocycles. The predicted molar refractivity (Wildman–Crippen MR) is 92.1 cm³/mol. The van der Waals surface area contributed by atoms with Crippen molar-refractivity contribution in [3.8, 4) is 0 Å². The summed E-state index contributed by atoms with van der Waals surface area (Å²) in [7, 11) is 0. The molecule has 1 atom stereocenters. The van der Waals surface area contributed by atoms with Crippen molar-refractivity contribution in [2.24, 2.45) is 11.8 Å². The molecule has 3 aliphatic rings. The van der Waals surface area contributed by atoms with Gasteiger partial charge in [-0.05, 0) is 44.4 Å². The molecule has 0 N–H and O–H groups in total. The van der Waals surface area contributed by atoms with Gasteiger partial charge in [-0.1, -0.05) is 18.0 Å². The Morgan fingerprint density at radius 2 is 1.88 bits per heavy atom. The number of rotatable bonds is 4. The van der Waals surface area contributed by atoms with Gasteiger partial charge in [0.2, 0.25) is 11.8 Å². The Morgan fingerprint density at radius 1 is 1.08 bits per heavy atom. The van der Waals surface area contributed by atoms with E-state index in [1.54, 1.807) is 0 Å². The van der Waals surface area contributed by atoms with Gasteiger partial charge in [0, 0.05) is 44.6 Å². The van der Waals surface area contributed by atoms with Crippen LogP contribution >= 0.6 is 0 Å². The highest BCUT2D eigenvalue weighted by Gasteiger charge is 2.31. The highest BCUT2D eigenvalue weighted by molar-refractivity contribution is 5.79. The molecule has 1 unspecified atom stereocenters. The first-order valence-corrected chi connectivity index (χ1v) is 9.98. The van der Waals surface area contributed by atoms with Crippen LogP contribution < -0.4 is 0 Å². The maximum absolute atomic E-state index is 12.7. The van der Waals surface area contributed by atoms with Crippen molar-refractivity contribution in [1.29, 1.82) is 0 Å². The van der Waals surface area contributed by atoms with Crippen molar-refractivity contribution >= 4 is 5.91 Å². The van der Waals surface area contributed by atoms with Crippen LogP contribution in [0.25, 0.3) is 0 Å². The van der Waals surface area contributed by atoms with E-state index in [4.69, 9.17) is 9.26 Å². The summed E-state index contributed by atoms with van der Waals surface area (Å²) >= 11 is 0. The summed E-state index contributed by atoms with van der Waals surface area (Å²) in [5.41, 5.74) is 0. The summed E-state index contributed by atoms with van der Waals surface area (Å²) in [5, 5.41) is 4.20. The molecule has 1 aliphatic carbocycles. The molecule has 1 aromatic rings. The lowest BCUT2D eigenvalue weighted by Crippen LogP contribution is -2.43. The number of amides is 1. The van der Waals surface area contributed by atoms with E-state index >= 15 is 0 Å². The molecule has 1 saturated carbocycles. The monoisotopic (exact) mass is 347 g/mol. The summed E-state index contributed by atoms with van der Waals surface area (Å²) < 4.78 is 10.9. The average Bonchev–Trinajstić information content (AvgIpc) is 3.34. The Bertz CT molecular complexity index is 576. The van der Waals surface area contributed by atoms with E-state index in [-0.39, 0.29) is 5.92 Å². The number of ether oxygens (including phenoxy) is 1. The first kappa shape index (κ1) is 17.0. The van der Waals surface area contributed by atoms with Gasteiger partial charge in [-0.15, -0.1) is 0 Å². The number of carbonyl (C=O) groups excluding carboxylic acids is 1. The summed E-state index contributed by atoms with van der Waals surface area (Å²) in [5.74, 6) is 3.06. The Morgan fingerprint density at radius 3 is 2.68 bits per heavy atom. The van der Waals surface area contributed by atoms with Gasteiger partial charge in [0.1, 0.15) is 0 Å². The number of hydrogen-bond acceptors (Lipinski definition) is 5. The van der Waals surface area contributed by atoms with Crippen LogP contribution in [0.2, 0.25) is 0 Å². The van der Waals surface area contributed by atoms with Crippen LogP contribution in [-0.4, -0.2) is 47.3 Å². The number of piperidine rings is 1. The smallest absolute Gasteiger partial charge is 0.226 e. The molecule has 3 fully saturated rings. The Hall–Kier alpha value is -1.43. The van der Waals surface area contributed by atoms with E-state index in [9.17, 15) is 4.79 Å². The molecule has 6 nitrogen and oxygen atoms in total. The summed E-state index contributed by atoms with van der Waals surface area (Å²) in [6, 6.07) is 0. The number of nitrogens with zero attached hydrogens (tertiary/aromatic N) is 3. The van der Waals surface area contributed by atoms with Gasteiger partial charge in [-0.3, -0.25) is 4.79 Å². The first-order valence-electron chi connectivity index (χ1n) is 9.98. The number of hydrogen-bond donors (Lipinski definition) is 0. The first-order chi connectivity index (χ1) is 12.3. The molecule has 2 saturated heterocycles. The molecule has 2 aliphatic heterocycles. The second-order valence-corrected chi connectivity index (χ2v) is 7.91. The predicted octanol–water partition coefficient (Wildman–Crippen LogP) is 2.93. The van der Waals surface area contributed by atoms with Crippen LogP contribution in [0.4, 0.5) is 0 Å². The molecule has 0 bridgehead atoms. The lowest BCUT2D eigenvalue weighted by Gasteiger charge is -2.33. The van der Waals surface area contributed by atoms with Crippen LogP contribution in [0.3, 0.4) is 0 Å². The van der Waals surface area contributed by atoms with Gasteiger partial charge >= 0.3 is 0 Å². The minimum atomic E-state index is 0.280. The Labute approximate surface area is 149 Å². The molecular formula is C19H29N3O3. The molecule has 1 amide bonds. The van der Waals surface area contributed by atoms with E-state index in [1.807, 2.05) is 0 Å². The van der Waals surface area contributed by atoms with Crippen molar-refractivity contribution in [1.82, 2.24) is 15.0 Å². The zero-order valence-corrected chi connectivity index (χ0v) is 15.0. The maximum Gasteiger partial charge on any atom is 0.226 e. The van der Waals surface area contributed by atoms with Crippen molar-refractivity contribution in [3.05, 3.63) is 11.7 Å². The lowest BCUT2D eigenvalue weighted by molar-refractivity contribution is -0.137. The fourth-order valence-electron chi connectivity index (χ4n) is 4.58. The van der Waals surface area contributed by atoms with Gasteiger partial charge in [0.25, 0.3) is 0 Å². The zero-order valence-electron chi connectivity index (χ0n) is 15.0. The normalized spacial score (nSPS) is 26.2. The molecule has 6 heteroatoms. The quantitative estimate of drug-likeness (QED) is 0.838. The molecule has 0 spiro atoms. The van der Waals surface area contributed by atoms with Gasteiger partial charge in [-0.2, -0.15) is 4.98 Å². The highest BCUT2D eigenvalue weighted by Crippen LogP contribution is 2.30. The Balaban J connectivity index is 1.32. The Kier molecular flexibility index (Phi) is 5.34. The lowest BCUT2D eigenvalue weighted by atomic mass is 9.93. The third-order valence-electron chi connectivity index (χ3n) is 6.07. The summed E-state index contributed by atoms with van der Waals surface area (Å²) in [6.45, 7) is 3.35. The second kappa shape index (κ2) is 7.85. The number of carbonyl (C=O) groups is 1. The zero-order chi connectivity index (χ0) is 17.1. The third kappa shape index (κ3) is 4.05. The van der Waals surface area contributed by atoms with E-state index in [2.05, 4.69) is 15.0 Å². The summed E-state index contributed by atoms with van der Waals surface area (Å²) in [6.07, 6.45) is 9.57. The molecule has 3 heterocycles. The van der Waals surface area contributed by atoms with E-state index < -0.39 is 0 Å². The second-order valence-electron chi connectivity index (χ2n) is 7.91. The van der Waals surface area contributed by atoms with Crippen LogP contribution in [0.15, 0.2) is 4.52 Å². The maximum atomic E-state index is 12.7. The summed E-state index contributed by atoms with van der Waals surface area (Å²) in [4.78, 5) is 19.4. The molecule has 0 radical (unpaired) electrons. The topological polar surface area (TPSA) is 68.5 Å². The highest BCUT2D eigenvalue weighted by atomic mass is 16.5. The van der Waals surface area contributed by atoms with Crippen LogP contribution in [0.1, 0.15) is 69.0 Å². The number of aromatic nitrogens is 2. The fraction of sp³-hybridized carbons (Fsp3) is 0.842. The van der Waals surface area contributed by atoms with Crippen molar-refractivity contribution in [2.45, 2.75) is 63.7 Å². The molecule has 0 aromatic carbocycles. The largest absolute Gasteiger partial charge is 0.381 e. The van der Waals surface area contributed by atoms with Gasteiger partial charge in [0.15, 0.2) is 5.82 Å². The van der Waals surface area contributed by atoms with Gasteiger partial charge in [-0.25, -0.2) is 0 Å². The van der Waals surface area contributed by atoms with Gasteiger partial charge < -0.3 is 14.2 Å². The van der Waals surface area contributed by atoms with Crippen molar-refractivity contribution < 1.29 is 14.1 Å². The van der Waals surface area contributed by atoms with E-state index in [1.165, 1.54) is 12.8 Å². The molecule has 25 heavy (non-hydrogen) atoms. The van der Waals surface area contributed by atoms with E-state index in [0.717, 1.165) is 83.0 Å². The average molecular weight is 347 g/mol. The third-order valence-corrected chi connectivity index (χ3v) is 6.07. The van der Waals surface area contributed by atoms with E-state index in [0.29, 0.717) is 17.7 Å². The minimum absolute atomic E-state index is 0.280. The van der Waals surface area contributed by atoms with Crippen molar-refractivity contribution in [3.63, 3.8) is 0 Å². The fourth-order valence-corrected chi connectivity index (χ4v) is 4.58. The molecular weight excluding hydrogens is 318 g/mol. The van der Waals surface area contributed by atoms with Crippen LogP contribution in [0, 0.1) is 11.8 Å². The van der Waals surface area contributed by atoms with Gasteiger partial charge in [0.05, 0.1) is 0 Å². The number of likely N-dealkylation sites (tertiary alicyclic amines) is 1. The molecule has 4 rings (SSSR count). The van der Waals surface area contributed by atoms with Crippen molar-refractivity contribution in [2.75, 3.05) is 26.3 Å². The molecule has 138 valence electrons. The van der Waals surface area contributed by atoms with Crippen LogP contribution in [0.5, 0.6) is 0 Å².